The quantitative estimate of drug-likeness (QED) is 0.0824. The second kappa shape index (κ2) is 18.5. The van der Waals surface area contributed by atoms with Gasteiger partial charge >= 0.3 is 5.97 Å². The van der Waals surface area contributed by atoms with Gasteiger partial charge in [0.05, 0.1) is 43.2 Å². The lowest BCUT2D eigenvalue weighted by Crippen LogP contribution is -2.57. The molecule has 0 aliphatic carbocycles. The van der Waals surface area contributed by atoms with Crippen molar-refractivity contribution >= 4 is 39.6 Å². The van der Waals surface area contributed by atoms with Crippen LogP contribution < -0.4 is 5.32 Å². The van der Waals surface area contributed by atoms with Crippen molar-refractivity contribution in [2.75, 3.05) is 33.4 Å². The van der Waals surface area contributed by atoms with E-state index in [1.807, 2.05) is 48.5 Å². The smallest absolute Gasteiger partial charge is 0.313 e. The van der Waals surface area contributed by atoms with Gasteiger partial charge in [-0.15, -0.1) is 13.2 Å². The number of nitrogens with zero attached hydrogens (tertiary/aromatic N) is 2. The molecule has 0 saturated carbocycles. The van der Waals surface area contributed by atoms with Crippen LogP contribution >= 0.6 is 15.9 Å². The van der Waals surface area contributed by atoms with Gasteiger partial charge in [0.25, 0.3) is 0 Å². The number of carbonyl (C=O) groups is 4. The van der Waals surface area contributed by atoms with Gasteiger partial charge in [-0.2, -0.15) is 0 Å². The van der Waals surface area contributed by atoms with Crippen molar-refractivity contribution in [2.45, 2.75) is 86.2 Å². The van der Waals surface area contributed by atoms with Crippen molar-refractivity contribution in [1.82, 2.24) is 15.1 Å². The molecule has 2 N–H and O–H groups in total. The summed E-state index contributed by atoms with van der Waals surface area (Å²) in [6, 6.07) is 15.4. The van der Waals surface area contributed by atoms with Gasteiger partial charge < -0.3 is 34.4 Å². The van der Waals surface area contributed by atoms with Gasteiger partial charge in [-0.1, -0.05) is 109 Å². The number of benzene rings is 2. The Kier molecular flexibility index (Phi) is 14.1. The lowest BCUT2D eigenvalue weighted by Gasteiger charge is -2.39. The average Bonchev–Trinajstić information content (AvgIpc) is 3.76. The fourth-order valence-electron chi connectivity index (χ4n) is 8.28. The van der Waals surface area contributed by atoms with E-state index in [1.54, 1.807) is 29.2 Å². The molecule has 2 bridgehead atoms. The van der Waals surface area contributed by atoms with Crippen molar-refractivity contribution in [2.24, 2.45) is 11.8 Å². The van der Waals surface area contributed by atoms with Crippen LogP contribution in [0.5, 0.6) is 0 Å². The first-order valence-electron chi connectivity index (χ1n) is 18.5. The highest BCUT2D eigenvalue weighted by molar-refractivity contribution is 9.09. The number of halogens is 1. The third kappa shape index (κ3) is 8.30. The summed E-state index contributed by atoms with van der Waals surface area (Å²) < 4.78 is 18.6. The summed E-state index contributed by atoms with van der Waals surface area (Å²) in [5.74, 6) is -3.87. The van der Waals surface area contributed by atoms with Gasteiger partial charge in [0.1, 0.15) is 17.7 Å². The van der Waals surface area contributed by atoms with Gasteiger partial charge in [-0.05, 0) is 30.4 Å². The number of likely N-dealkylation sites (tertiary alicyclic amines) is 1. The average molecular weight is 795 g/mol. The van der Waals surface area contributed by atoms with E-state index >= 15 is 0 Å². The maximum absolute atomic E-state index is 15.0. The van der Waals surface area contributed by atoms with Crippen molar-refractivity contribution in [1.29, 1.82) is 0 Å². The number of methoxy groups -OCH3 is 1. The second-order valence-electron chi connectivity index (χ2n) is 14.0. The molecule has 5 rings (SSSR count). The van der Waals surface area contributed by atoms with Gasteiger partial charge in [-0.25, -0.2) is 0 Å². The first kappa shape index (κ1) is 40.3. The van der Waals surface area contributed by atoms with E-state index < -0.39 is 66.3 Å². The fourth-order valence-corrected chi connectivity index (χ4v) is 9.22. The minimum absolute atomic E-state index is 0.0431. The Morgan fingerprint density at radius 3 is 2.38 bits per heavy atom. The first-order chi connectivity index (χ1) is 25.7. The SMILES string of the molecule is C=CCCC(=O)N[C@@H](COC)[C@@H](OC(=O)[C@@H]1[C@H]2O[C@@]3(CC2Br)[C@H](C(=O)N(CC=C)CCCCC)N([C@H](CO)c2ccccc2)C(=O)[C@@H]13)c1ccccc1. The van der Waals surface area contributed by atoms with Gasteiger partial charge in [0, 0.05) is 31.4 Å². The number of ether oxygens (including phenoxy) is 3. The summed E-state index contributed by atoms with van der Waals surface area (Å²) in [5, 5.41) is 13.9. The van der Waals surface area contributed by atoms with Crippen LogP contribution in [-0.4, -0.2) is 101 Å². The van der Waals surface area contributed by atoms with E-state index in [-0.39, 0.29) is 36.2 Å². The van der Waals surface area contributed by atoms with E-state index in [1.165, 1.54) is 12.0 Å². The lowest BCUT2D eigenvalue weighted by atomic mass is 9.70. The van der Waals surface area contributed by atoms with Crippen LogP contribution in [0.2, 0.25) is 0 Å². The van der Waals surface area contributed by atoms with E-state index in [2.05, 4.69) is 41.3 Å². The monoisotopic (exact) mass is 793 g/mol. The van der Waals surface area contributed by atoms with Crippen LogP contribution in [0.3, 0.4) is 0 Å². The Morgan fingerprint density at radius 1 is 1.09 bits per heavy atom. The van der Waals surface area contributed by atoms with Crippen molar-refractivity contribution < 1.29 is 38.5 Å². The number of allylic oxidation sites excluding steroid dienone is 1. The number of aliphatic hydroxyl groups is 1. The minimum Gasteiger partial charge on any atom is -0.455 e. The fraction of sp³-hybridized carbons (Fsp3) is 0.512. The molecule has 3 fully saturated rings. The summed E-state index contributed by atoms with van der Waals surface area (Å²) in [6.45, 7) is 9.99. The Bertz CT molecular complexity index is 1590. The number of aliphatic hydroxyl groups excluding tert-OH is 1. The molecular formula is C41H52BrN3O8. The molecule has 11 nitrogen and oxygen atoms in total. The molecule has 53 heavy (non-hydrogen) atoms. The van der Waals surface area contributed by atoms with Crippen LogP contribution in [0.4, 0.5) is 0 Å². The molecular weight excluding hydrogens is 742 g/mol. The zero-order valence-corrected chi connectivity index (χ0v) is 32.2. The van der Waals surface area contributed by atoms with Crippen LogP contribution in [0.1, 0.15) is 68.7 Å². The zero-order valence-electron chi connectivity index (χ0n) is 30.6. The van der Waals surface area contributed by atoms with Crippen molar-refractivity contribution in [3.05, 3.63) is 97.1 Å². The lowest BCUT2D eigenvalue weighted by molar-refractivity contribution is -0.163. The predicted molar refractivity (Wildman–Crippen MR) is 204 cm³/mol. The number of nitrogens with one attached hydrogen (secondary N) is 1. The highest BCUT2D eigenvalue weighted by atomic mass is 79.9. The van der Waals surface area contributed by atoms with E-state index in [0.717, 1.165) is 19.3 Å². The summed E-state index contributed by atoms with van der Waals surface area (Å²) in [4.78, 5) is 60.3. The molecule has 3 aliphatic rings. The Morgan fingerprint density at radius 2 is 1.77 bits per heavy atom. The molecule has 3 aliphatic heterocycles. The summed E-state index contributed by atoms with van der Waals surface area (Å²) in [7, 11) is 1.50. The number of hydrogen-bond acceptors (Lipinski definition) is 8. The number of hydrogen-bond donors (Lipinski definition) is 2. The number of carbonyl (C=O) groups excluding carboxylic acids is 4. The van der Waals surface area contributed by atoms with Crippen LogP contribution in [0.25, 0.3) is 0 Å². The van der Waals surface area contributed by atoms with Crippen LogP contribution in [-0.2, 0) is 33.4 Å². The first-order valence-corrected chi connectivity index (χ1v) is 19.4. The molecule has 3 heterocycles. The number of esters is 1. The minimum atomic E-state index is -1.38. The maximum Gasteiger partial charge on any atom is 0.313 e. The zero-order chi connectivity index (χ0) is 38.1. The molecule has 286 valence electrons. The molecule has 12 heteroatoms. The normalized spacial score (nSPS) is 26.0. The molecule has 1 spiro atoms. The predicted octanol–water partition coefficient (Wildman–Crippen LogP) is 5.05. The number of fused-ring (bicyclic) bond motifs is 1. The number of rotatable bonds is 20. The maximum atomic E-state index is 15.0. The highest BCUT2D eigenvalue weighted by Gasteiger charge is 2.77. The van der Waals surface area contributed by atoms with E-state index in [4.69, 9.17) is 14.2 Å². The Labute approximate surface area is 320 Å². The van der Waals surface area contributed by atoms with Crippen molar-refractivity contribution in [3.63, 3.8) is 0 Å². The second-order valence-corrected chi connectivity index (χ2v) is 15.2. The summed E-state index contributed by atoms with van der Waals surface area (Å²) in [5.41, 5.74) is -0.0949. The number of amides is 3. The van der Waals surface area contributed by atoms with Crippen LogP contribution in [0, 0.1) is 11.8 Å². The molecule has 0 radical (unpaired) electrons. The standard InChI is InChI=1S/C41H52BrN3O8/c1-5-8-16-23-44(22-7-3)39(49)37-41-24-29(42)36(53-41)33(34(41)38(48)45(37)31(25-46)27-17-12-10-13-18-27)40(50)52-35(28-19-14-11-15-20-28)30(26-51-4)43-32(47)21-9-6-2/h6-7,10-15,17-20,29-31,33-37,46H,2-3,5,8-9,16,21-26H2,1,4H3,(H,43,47)/t29?,30-,31+,33-,34+,35-,36-,37-,41+/m0/s1. The Balaban J connectivity index is 1.56. The van der Waals surface area contributed by atoms with Gasteiger partial charge in [0.2, 0.25) is 17.7 Å². The van der Waals surface area contributed by atoms with Crippen molar-refractivity contribution in [3.8, 4) is 0 Å². The van der Waals surface area contributed by atoms with Gasteiger partial charge in [-0.3, -0.25) is 19.2 Å². The van der Waals surface area contributed by atoms with Crippen LogP contribution in [0.15, 0.2) is 86.0 Å². The number of alkyl halides is 1. The topological polar surface area (TPSA) is 135 Å². The summed E-state index contributed by atoms with van der Waals surface area (Å²) in [6.07, 6.45) is 5.18. The third-order valence-electron chi connectivity index (χ3n) is 10.6. The molecule has 3 amide bonds. The molecule has 0 aromatic heterocycles. The Hall–Kier alpha value is -3.84. The summed E-state index contributed by atoms with van der Waals surface area (Å²) >= 11 is 3.75. The largest absolute Gasteiger partial charge is 0.455 e. The van der Waals surface area contributed by atoms with E-state index in [0.29, 0.717) is 30.5 Å². The molecule has 9 atom stereocenters. The molecule has 2 aromatic rings. The molecule has 1 unspecified atom stereocenters. The highest BCUT2D eigenvalue weighted by Crippen LogP contribution is 2.61. The third-order valence-corrected chi connectivity index (χ3v) is 11.5. The van der Waals surface area contributed by atoms with Gasteiger partial charge in [0.15, 0.2) is 0 Å². The molecule has 2 aromatic carbocycles. The van der Waals surface area contributed by atoms with E-state index in [9.17, 15) is 24.3 Å². The molecule has 3 saturated heterocycles. The number of unbranched alkanes of at least 4 members (excludes halogenated alkanes) is 2.